The van der Waals surface area contributed by atoms with E-state index in [1.54, 1.807) is 12.3 Å². The molecule has 2 aromatic heterocycles. The molecule has 4 heterocycles. The minimum atomic E-state index is 0.0683. The minimum Gasteiger partial charge on any atom is -0.337 e. The summed E-state index contributed by atoms with van der Waals surface area (Å²) in [5.74, 6) is 1.23. The zero-order valence-corrected chi connectivity index (χ0v) is 13.0. The number of carbonyl (C=O) groups is 1. The number of hydrogen-bond donors (Lipinski definition) is 0. The van der Waals surface area contributed by atoms with Crippen LogP contribution in [0.2, 0.25) is 0 Å². The van der Waals surface area contributed by atoms with Gasteiger partial charge in [0, 0.05) is 51.3 Å². The first-order valence-corrected chi connectivity index (χ1v) is 8.11. The lowest BCUT2D eigenvalue weighted by Gasteiger charge is -2.21. The molecule has 1 amide bonds. The highest BCUT2D eigenvalue weighted by Crippen LogP contribution is 2.32. The molecule has 0 N–H and O–H groups in total. The van der Waals surface area contributed by atoms with E-state index in [-0.39, 0.29) is 5.91 Å². The highest BCUT2D eigenvalue weighted by atomic mass is 16.2. The van der Waals surface area contributed by atoms with Gasteiger partial charge in [-0.1, -0.05) is 12.1 Å². The standard InChI is InChI=1S/C18H20N4O/c23-18(17-5-1-2-7-20-17)22-12-15-10-21(11-16(15)13-22)9-14-4-3-6-19-8-14/h1-8,15-16H,9-13H2. The molecule has 2 atom stereocenters. The number of rotatable bonds is 3. The third-order valence-corrected chi connectivity index (χ3v) is 4.86. The molecule has 2 fully saturated rings. The maximum Gasteiger partial charge on any atom is 0.272 e. The van der Waals surface area contributed by atoms with Crippen LogP contribution in [0.1, 0.15) is 16.1 Å². The summed E-state index contributed by atoms with van der Waals surface area (Å²) in [6.45, 7) is 4.78. The SMILES string of the molecule is O=C(c1ccccn1)N1CC2CN(Cc3cccnc3)CC2C1. The zero-order valence-electron chi connectivity index (χ0n) is 13.0. The maximum atomic E-state index is 12.5. The van der Waals surface area contributed by atoms with Crippen LogP contribution < -0.4 is 0 Å². The Morgan fingerprint density at radius 3 is 2.52 bits per heavy atom. The van der Waals surface area contributed by atoms with Crippen molar-refractivity contribution < 1.29 is 4.79 Å². The van der Waals surface area contributed by atoms with E-state index in [1.165, 1.54) is 5.56 Å². The maximum absolute atomic E-state index is 12.5. The number of amides is 1. The van der Waals surface area contributed by atoms with E-state index in [0.29, 0.717) is 17.5 Å². The third-order valence-electron chi connectivity index (χ3n) is 4.86. The number of fused-ring (bicyclic) bond motifs is 1. The second kappa shape index (κ2) is 6.08. The summed E-state index contributed by atoms with van der Waals surface area (Å²) in [6.07, 6.45) is 5.42. The van der Waals surface area contributed by atoms with Crippen molar-refractivity contribution in [2.24, 2.45) is 11.8 Å². The normalized spacial score (nSPS) is 23.9. The quantitative estimate of drug-likeness (QED) is 0.865. The Balaban J connectivity index is 1.36. The monoisotopic (exact) mass is 308 g/mol. The van der Waals surface area contributed by atoms with Crippen molar-refractivity contribution in [3.8, 4) is 0 Å². The highest BCUT2D eigenvalue weighted by Gasteiger charge is 2.41. The Morgan fingerprint density at radius 2 is 1.87 bits per heavy atom. The van der Waals surface area contributed by atoms with Gasteiger partial charge in [-0.05, 0) is 35.6 Å². The van der Waals surface area contributed by atoms with Gasteiger partial charge in [-0.15, -0.1) is 0 Å². The van der Waals surface area contributed by atoms with E-state index in [0.717, 1.165) is 32.7 Å². The number of pyridine rings is 2. The Hall–Kier alpha value is -2.27. The Kier molecular flexibility index (Phi) is 3.79. The number of nitrogens with zero attached hydrogens (tertiary/aromatic N) is 4. The largest absolute Gasteiger partial charge is 0.337 e. The topological polar surface area (TPSA) is 49.3 Å². The summed E-state index contributed by atoms with van der Waals surface area (Å²) in [6, 6.07) is 9.61. The van der Waals surface area contributed by atoms with Crippen LogP contribution in [0.4, 0.5) is 0 Å². The molecular formula is C18H20N4O. The molecular weight excluding hydrogens is 288 g/mol. The van der Waals surface area contributed by atoms with E-state index >= 15 is 0 Å². The molecule has 2 aliphatic heterocycles. The smallest absolute Gasteiger partial charge is 0.272 e. The fourth-order valence-electron chi connectivity index (χ4n) is 3.79. The van der Waals surface area contributed by atoms with Crippen molar-refractivity contribution in [3.05, 3.63) is 60.2 Å². The second-order valence-corrected chi connectivity index (χ2v) is 6.50. The molecule has 0 bridgehead atoms. The molecule has 0 saturated carbocycles. The Morgan fingerprint density at radius 1 is 1.04 bits per heavy atom. The summed E-state index contributed by atoms with van der Waals surface area (Å²) in [7, 11) is 0. The van der Waals surface area contributed by atoms with Crippen LogP contribution in [0.5, 0.6) is 0 Å². The molecule has 23 heavy (non-hydrogen) atoms. The lowest BCUT2D eigenvalue weighted by atomic mass is 10.0. The van der Waals surface area contributed by atoms with Crippen molar-refractivity contribution in [1.82, 2.24) is 19.8 Å². The van der Waals surface area contributed by atoms with Gasteiger partial charge in [0.15, 0.2) is 0 Å². The van der Waals surface area contributed by atoms with E-state index in [9.17, 15) is 4.79 Å². The fourth-order valence-corrected chi connectivity index (χ4v) is 3.79. The summed E-state index contributed by atoms with van der Waals surface area (Å²) >= 11 is 0. The van der Waals surface area contributed by atoms with E-state index in [1.807, 2.05) is 35.5 Å². The molecule has 2 aliphatic rings. The molecule has 118 valence electrons. The summed E-state index contributed by atoms with van der Waals surface area (Å²) in [5, 5.41) is 0. The van der Waals surface area contributed by atoms with Gasteiger partial charge in [-0.3, -0.25) is 19.7 Å². The lowest BCUT2D eigenvalue weighted by molar-refractivity contribution is 0.0767. The number of aromatic nitrogens is 2. The van der Waals surface area contributed by atoms with Crippen LogP contribution in [-0.4, -0.2) is 51.9 Å². The number of likely N-dealkylation sites (tertiary alicyclic amines) is 2. The Labute approximate surface area is 136 Å². The van der Waals surface area contributed by atoms with Crippen LogP contribution in [0.3, 0.4) is 0 Å². The van der Waals surface area contributed by atoms with Gasteiger partial charge >= 0.3 is 0 Å². The molecule has 5 nitrogen and oxygen atoms in total. The van der Waals surface area contributed by atoms with E-state index in [2.05, 4.69) is 20.9 Å². The highest BCUT2D eigenvalue weighted by molar-refractivity contribution is 5.92. The average Bonchev–Trinajstić information content (AvgIpc) is 3.14. The lowest BCUT2D eigenvalue weighted by Crippen LogP contribution is -2.33. The fraction of sp³-hybridized carbons (Fsp3) is 0.389. The van der Waals surface area contributed by atoms with Gasteiger partial charge < -0.3 is 4.90 Å². The summed E-state index contributed by atoms with van der Waals surface area (Å²) in [4.78, 5) is 25.3. The van der Waals surface area contributed by atoms with E-state index in [4.69, 9.17) is 0 Å². The number of carbonyl (C=O) groups excluding carboxylic acids is 1. The third kappa shape index (κ3) is 2.97. The summed E-state index contributed by atoms with van der Waals surface area (Å²) < 4.78 is 0. The Bertz CT molecular complexity index is 662. The van der Waals surface area contributed by atoms with Crippen molar-refractivity contribution in [1.29, 1.82) is 0 Å². The van der Waals surface area contributed by atoms with Crippen LogP contribution in [-0.2, 0) is 6.54 Å². The minimum absolute atomic E-state index is 0.0683. The molecule has 2 saturated heterocycles. The van der Waals surface area contributed by atoms with Crippen LogP contribution in [0.15, 0.2) is 48.9 Å². The van der Waals surface area contributed by atoms with Gasteiger partial charge in [-0.2, -0.15) is 0 Å². The van der Waals surface area contributed by atoms with Crippen molar-refractivity contribution >= 4 is 5.91 Å². The van der Waals surface area contributed by atoms with Gasteiger partial charge in [0.05, 0.1) is 0 Å². The average molecular weight is 308 g/mol. The van der Waals surface area contributed by atoms with Gasteiger partial charge in [-0.25, -0.2) is 0 Å². The first-order chi connectivity index (χ1) is 11.3. The predicted molar refractivity (Wildman–Crippen MR) is 86.6 cm³/mol. The molecule has 0 aliphatic carbocycles. The molecule has 0 spiro atoms. The van der Waals surface area contributed by atoms with Crippen LogP contribution in [0, 0.1) is 11.8 Å². The second-order valence-electron chi connectivity index (χ2n) is 6.50. The molecule has 0 aromatic carbocycles. The number of hydrogen-bond acceptors (Lipinski definition) is 4. The molecule has 0 radical (unpaired) electrons. The van der Waals surface area contributed by atoms with Crippen molar-refractivity contribution in [2.45, 2.75) is 6.54 Å². The van der Waals surface area contributed by atoms with Crippen LogP contribution >= 0.6 is 0 Å². The van der Waals surface area contributed by atoms with E-state index < -0.39 is 0 Å². The van der Waals surface area contributed by atoms with Crippen molar-refractivity contribution in [2.75, 3.05) is 26.2 Å². The molecule has 5 heteroatoms. The summed E-state index contributed by atoms with van der Waals surface area (Å²) in [5.41, 5.74) is 1.81. The van der Waals surface area contributed by atoms with Gasteiger partial charge in [0.25, 0.3) is 5.91 Å². The van der Waals surface area contributed by atoms with Gasteiger partial charge in [0.2, 0.25) is 0 Å². The molecule has 4 rings (SSSR count). The van der Waals surface area contributed by atoms with Crippen molar-refractivity contribution in [3.63, 3.8) is 0 Å². The zero-order chi connectivity index (χ0) is 15.6. The molecule has 2 aromatic rings. The van der Waals surface area contributed by atoms with Gasteiger partial charge in [0.1, 0.15) is 5.69 Å². The van der Waals surface area contributed by atoms with Crippen LogP contribution in [0.25, 0.3) is 0 Å². The predicted octanol–water partition coefficient (Wildman–Crippen LogP) is 1.68. The first-order valence-electron chi connectivity index (χ1n) is 8.11. The first kappa shape index (κ1) is 14.3. The molecule has 2 unspecified atom stereocenters.